The van der Waals surface area contributed by atoms with Gasteiger partial charge in [0.15, 0.2) is 5.82 Å². The van der Waals surface area contributed by atoms with Crippen molar-refractivity contribution in [1.29, 1.82) is 0 Å². The van der Waals surface area contributed by atoms with Crippen LogP contribution in [0.4, 0.5) is 0 Å². The second-order valence-corrected chi connectivity index (χ2v) is 3.56. The number of aromatic nitrogens is 4. The van der Waals surface area contributed by atoms with E-state index in [-0.39, 0.29) is 0 Å². The van der Waals surface area contributed by atoms with Gasteiger partial charge in [0.1, 0.15) is 0 Å². The predicted molar refractivity (Wildman–Crippen MR) is 61.9 cm³/mol. The molecule has 0 atom stereocenters. The fourth-order valence-electron chi connectivity index (χ4n) is 1.27. The Hall–Kier alpha value is -2.17. The highest BCUT2D eigenvalue weighted by Crippen LogP contribution is 2.07. The molecule has 0 radical (unpaired) electrons. The summed E-state index contributed by atoms with van der Waals surface area (Å²) in [6.07, 6.45) is 3.78. The van der Waals surface area contributed by atoms with Crippen LogP contribution in [0.25, 0.3) is 11.8 Å². The summed E-state index contributed by atoms with van der Waals surface area (Å²) in [6.45, 7) is 0. The van der Waals surface area contributed by atoms with Crippen molar-refractivity contribution >= 4 is 6.08 Å². The Morgan fingerprint density at radius 1 is 1.19 bits per heavy atom. The zero-order valence-corrected chi connectivity index (χ0v) is 9.28. The largest absolute Gasteiger partial charge is 0.383 e. The number of rotatable bonds is 3. The Balaban J connectivity index is 2.33. The van der Waals surface area contributed by atoms with Gasteiger partial charge in [0.05, 0.1) is 5.69 Å². The molecule has 0 aliphatic rings. The van der Waals surface area contributed by atoms with Crippen molar-refractivity contribution in [2.24, 2.45) is 0 Å². The first-order chi connectivity index (χ1) is 7.77. The van der Waals surface area contributed by atoms with Crippen LogP contribution in [-0.4, -0.2) is 39.2 Å². The molecule has 1 aromatic carbocycles. The molecule has 0 N–H and O–H groups in total. The van der Waals surface area contributed by atoms with Crippen LogP contribution in [0.1, 0.15) is 5.82 Å². The zero-order valence-electron chi connectivity index (χ0n) is 9.28. The fourth-order valence-corrected chi connectivity index (χ4v) is 1.27. The highest BCUT2D eigenvalue weighted by molar-refractivity contribution is 5.43. The lowest BCUT2D eigenvalue weighted by Gasteiger charge is -2.03. The summed E-state index contributed by atoms with van der Waals surface area (Å²) >= 11 is 0. The zero-order chi connectivity index (χ0) is 11.4. The number of nitrogens with zero attached hydrogens (tertiary/aromatic N) is 5. The molecule has 0 saturated carbocycles. The second kappa shape index (κ2) is 4.57. The Kier molecular flexibility index (Phi) is 2.95. The van der Waals surface area contributed by atoms with Crippen molar-refractivity contribution in [2.75, 3.05) is 14.1 Å². The maximum absolute atomic E-state index is 3.95. The molecule has 16 heavy (non-hydrogen) atoms. The molecule has 0 unspecified atom stereocenters. The van der Waals surface area contributed by atoms with Crippen LogP contribution in [-0.2, 0) is 0 Å². The van der Waals surface area contributed by atoms with Gasteiger partial charge in [-0.1, -0.05) is 18.2 Å². The Bertz CT molecular complexity index is 472. The highest BCUT2D eigenvalue weighted by atomic mass is 15.5. The Labute approximate surface area is 94.0 Å². The van der Waals surface area contributed by atoms with Crippen molar-refractivity contribution < 1.29 is 0 Å². The van der Waals surface area contributed by atoms with Crippen LogP contribution in [0, 0.1) is 0 Å². The molecule has 5 heteroatoms. The average Bonchev–Trinajstić information content (AvgIpc) is 2.75. The van der Waals surface area contributed by atoms with Gasteiger partial charge >= 0.3 is 0 Å². The maximum atomic E-state index is 3.95. The molecule has 0 aliphatic heterocycles. The van der Waals surface area contributed by atoms with Crippen molar-refractivity contribution in [1.82, 2.24) is 25.1 Å². The summed E-state index contributed by atoms with van der Waals surface area (Å²) in [7, 11) is 3.90. The minimum Gasteiger partial charge on any atom is -0.383 e. The monoisotopic (exact) mass is 215 g/mol. The molecule has 0 spiro atoms. The molecule has 0 bridgehead atoms. The summed E-state index contributed by atoms with van der Waals surface area (Å²) in [6, 6.07) is 9.79. The van der Waals surface area contributed by atoms with Gasteiger partial charge in [0, 0.05) is 26.4 Å². The van der Waals surface area contributed by atoms with Gasteiger partial charge in [-0.15, -0.1) is 5.10 Å². The van der Waals surface area contributed by atoms with E-state index >= 15 is 0 Å². The lowest BCUT2D eigenvalue weighted by molar-refractivity contribution is 0.567. The highest BCUT2D eigenvalue weighted by Gasteiger charge is 2.03. The third-order valence-corrected chi connectivity index (χ3v) is 2.02. The topological polar surface area (TPSA) is 46.8 Å². The summed E-state index contributed by atoms with van der Waals surface area (Å²) in [5.41, 5.74) is 0.950. The molecular weight excluding hydrogens is 202 g/mol. The molecule has 0 amide bonds. The number of hydrogen-bond donors (Lipinski definition) is 0. The van der Waals surface area contributed by atoms with Gasteiger partial charge in [-0.25, -0.2) is 0 Å². The maximum Gasteiger partial charge on any atom is 0.181 e. The molecule has 0 saturated heterocycles. The van der Waals surface area contributed by atoms with Gasteiger partial charge in [-0.05, 0) is 22.6 Å². The van der Waals surface area contributed by atoms with Gasteiger partial charge in [0.25, 0.3) is 0 Å². The third-order valence-electron chi connectivity index (χ3n) is 2.02. The first-order valence-electron chi connectivity index (χ1n) is 4.96. The van der Waals surface area contributed by atoms with Crippen LogP contribution < -0.4 is 0 Å². The van der Waals surface area contributed by atoms with Crippen molar-refractivity contribution in [3.63, 3.8) is 0 Å². The van der Waals surface area contributed by atoms with Crippen molar-refractivity contribution in [3.8, 4) is 5.69 Å². The van der Waals surface area contributed by atoms with E-state index in [1.807, 2.05) is 61.6 Å². The number of hydrogen-bond acceptors (Lipinski definition) is 4. The SMILES string of the molecule is CN(C)C=Cc1nnnn1-c1ccccc1. The smallest absolute Gasteiger partial charge is 0.181 e. The normalized spacial score (nSPS) is 10.9. The van der Waals surface area contributed by atoms with E-state index < -0.39 is 0 Å². The molecule has 0 fully saturated rings. The lowest BCUT2D eigenvalue weighted by atomic mass is 10.3. The molecule has 2 rings (SSSR count). The van der Waals surface area contributed by atoms with Crippen LogP contribution >= 0.6 is 0 Å². The van der Waals surface area contributed by atoms with Gasteiger partial charge in [-0.3, -0.25) is 0 Å². The fraction of sp³-hybridized carbons (Fsp3) is 0.182. The first-order valence-corrected chi connectivity index (χ1v) is 4.96. The van der Waals surface area contributed by atoms with Crippen molar-refractivity contribution in [3.05, 3.63) is 42.4 Å². The summed E-state index contributed by atoms with van der Waals surface area (Å²) < 4.78 is 1.69. The Morgan fingerprint density at radius 3 is 2.62 bits per heavy atom. The molecular formula is C11H13N5. The first kappa shape index (κ1) is 10.4. The second-order valence-electron chi connectivity index (χ2n) is 3.56. The standard InChI is InChI=1S/C11H13N5/c1-15(2)9-8-11-12-13-14-16(11)10-6-4-3-5-7-10/h3-9H,1-2H3. The lowest BCUT2D eigenvalue weighted by Crippen LogP contribution is -2.02. The quantitative estimate of drug-likeness (QED) is 0.771. The Morgan fingerprint density at radius 2 is 1.94 bits per heavy atom. The van der Waals surface area contributed by atoms with E-state index in [0.29, 0.717) is 5.82 Å². The van der Waals surface area contributed by atoms with Crippen LogP contribution in [0.3, 0.4) is 0 Å². The summed E-state index contributed by atoms with van der Waals surface area (Å²) in [5.74, 6) is 0.708. The molecule has 1 aromatic heterocycles. The number of para-hydroxylation sites is 1. The van der Waals surface area contributed by atoms with Crippen molar-refractivity contribution in [2.45, 2.75) is 0 Å². The van der Waals surface area contributed by atoms with E-state index in [1.165, 1.54) is 0 Å². The molecule has 1 heterocycles. The van der Waals surface area contributed by atoms with Crippen LogP contribution in [0.2, 0.25) is 0 Å². The van der Waals surface area contributed by atoms with Gasteiger partial charge in [0.2, 0.25) is 0 Å². The molecule has 5 nitrogen and oxygen atoms in total. The van der Waals surface area contributed by atoms with E-state index in [0.717, 1.165) is 5.69 Å². The van der Waals surface area contributed by atoms with E-state index in [1.54, 1.807) is 4.68 Å². The molecule has 82 valence electrons. The third kappa shape index (κ3) is 2.25. The summed E-state index contributed by atoms with van der Waals surface area (Å²) in [5, 5.41) is 11.6. The molecule has 0 aliphatic carbocycles. The predicted octanol–water partition coefficient (Wildman–Crippen LogP) is 1.19. The summed E-state index contributed by atoms with van der Waals surface area (Å²) in [4.78, 5) is 1.93. The van der Waals surface area contributed by atoms with Crippen LogP contribution in [0.15, 0.2) is 36.5 Å². The number of benzene rings is 1. The van der Waals surface area contributed by atoms with E-state index in [4.69, 9.17) is 0 Å². The average molecular weight is 215 g/mol. The minimum atomic E-state index is 0.708. The minimum absolute atomic E-state index is 0.708. The van der Waals surface area contributed by atoms with E-state index in [9.17, 15) is 0 Å². The van der Waals surface area contributed by atoms with Crippen LogP contribution in [0.5, 0.6) is 0 Å². The molecule has 2 aromatic rings. The van der Waals surface area contributed by atoms with Gasteiger partial charge in [-0.2, -0.15) is 4.68 Å². The number of tetrazole rings is 1. The van der Waals surface area contributed by atoms with E-state index in [2.05, 4.69) is 15.5 Å². The van der Waals surface area contributed by atoms with Gasteiger partial charge < -0.3 is 4.90 Å².